The van der Waals surface area contributed by atoms with Crippen molar-refractivity contribution in [1.29, 1.82) is 0 Å². The smallest absolute Gasteiger partial charge is 0.220 e. The van der Waals surface area contributed by atoms with Crippen molar-refractivity contribution in [1.82, 2.24) is 5.32 Å². The number of thioether (sulfide) groups is 1. The third-order valence-corrected chi connectivity index (χ3v) is 5.01. The van der Waals surface area contributed by atoms with Gasteiger partial charge < -0.3 is 10.1 Å². The summed E-state index contributed by atoms with van der Waals surface area (Å²) in [4.78, 5) is 13.0. The van der Waals surface area contributed by atoms with Gasteiger partial charge in [-0.25, -0.2) is 0 Å². The summed E-state index contributed by atoms with van der Waals surface area (Å²) >= 11 is 7.59. The zero-order valence-electron chi connectivity index (χ0n) is 14.7. The maximum Gasteiger partial charge on any atom is 0.220 e. The summed E-state index contributed by atoms with van der Waals surface area (Å²) < 4.78 is 5.73. The van der Waals surface area contributed by atoms with Crippen LogP contribution in [-0.4, -0.2) is 24.8 Å². The van der Waals surface area contributed by atoms with E-state index in [1.807, 2.05) is 50.2 Å². The van der Waals surface area contributed by atoms with Gasteiger partial charge in [0.15, 0.2) is 0 Å². The molecule has 0 aromatic heterocycles. The number of rotatable bonds is 9. The number of hydrogen-bond donors (Lipinski definition) is 1. The van der Waals surface area contributed by atoms with Gasteiger partial charge in [0.1, 0.15) is 12.4 Å². The molecular formula is C20H24ClNO2S. The van der Waals surface area contributed by atoms with E-state index in [0.717, 1.165) is 28.5 Å². The van der Waals surface area contributed by atoms with E-state index in [4.69, 9.17) is 16.3 Å². The number of halogens is 1. The van der Waals surface area contributed by atoms with Crippen molar-refractivity contribution >= 4 is 29.3 Å². The third-order valence-electron chi connectivity index (χ3n) is 3.66. The molecule has 0 radical (unpaired) electrons. The number of carbonyl (C=O) groups is 1. The molecule has 0 unspecified atom stereocenters. The summed E-state index contributed by atoms with van der Waals surface area (Å²) in [6.07, 6.45) is 1.38. The molecule has 0 saturated heterocycles. The molecule has 134 valence electrons. The Morgan fingerprint density at radius 1 is 1.16 bits per heavy atom. The normalized spacial score (nSPS) is 10.5. The van der Waals surface area contributed by atoms with Gasteiger partial charge in [-0.05, 0) is 67.5 Å². The first-order valence-electron chi connectivity index (χ1n) is 8.40. The second-order valence-electron chi connectivity index (χ2n) is 5.87. The highest BCUT2D eigenvalue weighted by Gasteiger charge is 2.03. The van der Waals surface area contributed by atoms with Gasteiger partial charge >= 0.3 is 0 Å². The summed E-state index contributed by atoms with van der Waals surface area (Å²) in [6.45, 7) is 5.06. The molecule has 2 aromatic rings. The predicted octanol–water partition coefficient (Wildman–Crippen LogP) is 5.02. The van der Waals surface area contributed by atoms with Crippen molar-refractivity contribution in [2.45, 2.75) is 31.6 Å². The Morgan fingerprint density at radius 3 is 2.68 bits per heavy atom. The minimum atomic E-state index is 0.0706. The Kier molecular flexibility index (Phi) is 8.16. The fraction of sp³-hybridized carbons (Fsp3) is 0.350. The topological polar surface area (TPSA) is 38.3 Å². The first kappa shape index (κ1) is 19.7. The Hall–Kier alpha value is -1.65. The molecule has 1 amide bonds. The average molecular weight is 378 g/mol. The van der Waals surface area contributed by atoms with Crippen molar-refractivity contribution in [3.63, 3.8) is 0 Å². The van der Waals surface area contributed by atoms with E-state index in [2.05, 4.69) is 11.4 Å². The Labute approximate surface area is 159 Å². The van der Waals surface area contributed by atoms with Gasteiger partial charge in [-0.3, -0.25) is 4.79 Å². The number of benzene rings is 2. The van der Waals surface area contributed by atoms with Crippen molar-refractivity contribution < 1.29 is 9.53 Å². The number of amides is 1. The van der Waals surface area contributed by atoms with Crippen LogP contribution in [-0.2, 0) is 4.79 Å². The fourth-order valence-electron chi connectivity index (χ4n) is 2.26. The average Bonchev–Trinajstić information content (AvgIpc) is 2.60. The standard InChI is InChI=1S/C20H24ClNO2S/c1-15-5-6-16(2)19(14-15)24-12-11-22-20(23)4-3-13-25-18-9-7-17(21)8-10-18/h5-10,14H,3-4,11-13H2,1-2H3,(H,22,23). The molecule has 0 aliphatic carbocycles. The summed E-state index contributed by atoms with van der Waals surface area (Å²) in [7, 11) is 0. The van der Waals surface area contributed by atoms with Gasteiger partial charge in [0, 0.05) is 16.3 Å². The minimum Gasteiger partial charge on any atom is -0.491 e. The molecule has 2 aromatic carbocycles. The molecule has 0 fully saturated rings. The lowest BCUT2D eigenvalue weighted by molar-refractivity contribution is -0.121. The van der Waals surface area contributed by atoms with Gasteiger partial charge in [-0.15, -0.1) is 11.8 Å². The Balaban J connectivity index is 1.56. The first-order chi connectivity index (χ1) is 12.0. The van der Waals surface area contributed by atoms with Crippen LogP contribution in [0.5, 0.6) is 5.75 Å². The largest absolute Gasteiger partial charge is 0.491 e. The van der Waals surface area contributed by atoms with Crippen LogP contribution in [0.3, 0.4) is 0 Å². The van der Waals surface area contributed by atoms with Gasteiger partial charge in [-0.2, -0.15) is 0 Å². The highest BCUT2D eigenvalue weighted by atomic mass is 35.5. The van der Waals surface area contributed by atoms with Crippen LogP contribution < -0.4 is 10.1 Å². The first-order valence-corrected chi connectivity index (χ1v) is 9.76. The van der Waals surface area contributed by atoms with Crippen molar-refractivity contribution in [3.05, 3.63) is 58.6 Å². The number of carbonyl (C=O) groups excluding carboxylic acids is 1. The number of ether oxygens (including phenoxy) is 1. The lowest BCUT2D eigenvalue weighted by Gasteiger charge is -2.10. The molecule has 0 saturated carbocycles. The molecule has 2 rings (SSSR count). The number of hydrogen-bond acceptors (Lipinski definition) is 3. The van der Waals surface area contributed by atoms with Gasteiger partial charge in [0.05, 0.1) is 6.54 Å². The second-order valence-corrected chi connectivity index (χ2v) is 7.48. The highest BCUT2D eigenvalue weighted by molar-refractivity contribution is 7.99. The van der Waals surface area contributed by atoms with E-state index in [9.17, 15) is 4.79 Å². The highest BCUT2D eigenvalue weighted by Crippen LogP contribution is 2.21. The van der Waals surface area contributed by atoms with Crippen LogP contribution in [0.4, 0.5) is 0 Å². The van der Waals surface area contributed by atoms with E-state index in [1.165, 1.54) is 10.5 Å². The predicted molar refractivity (Wildman–Crippen MR) is 106 cm³/mol. The summed E-state index contributed by atoms with van der Waals surface area (Å²) in [6, 6.07) is 13.9. The fourth-order valence-corrected chi connectivity index (χ4v) is 3.24. The van der Waals surface area contributed by atoms with E-state index in [0.29, 0.717) is 19.6 Å². The van der Waals surface area contributed by atoms with E-state index < -0.39 is 0 Å². The van der Waals surface area contributed by atoms with E-state index in [-0.39, 0.29) is 5.91 Å². The van der Waals surface area contributed by atoms with Crippen LogP contribution in [0.1, 0.15) is 24.0 Å². The molecule has 0 bridgehead atoms. The summed E-state index contributed by atoms with van der Waals surface area (Å²) in [5, 5.41) is 3.64. The van der Waals surface area contributed by atoms with Crippen LogP contribution in [0.2, 0.25) is 5.02 Å². The summed E-state index contributed by atoms with van der Waals surface area (Å²) in [5.41, 5.74) is 2.28. The number of nitrogens with one attached hydrogen (secondary N) is 1. The molecule has 1 N–H and O–H groups in total. The molecule has 25 heavy (non-hydrogen) atoms. The molecule has 0 atom stereocenters. The van der Waals surface area contributed by atoms with Crippen LogP contribution in [0.15, 0.2) is 47.4 Å². The quantitative estimate of drug-likeness (QED) is 0.492. The third kappa shape index (κ3) is 7.41. The summed E-state index contributed by atoms with van der Waals surface area (Å²) in [5.74, 6) is 1.86. The van der Waals surface area contributed by atoms with E-state index in [1.54, 1.807) is 11.8 Å². The zero-order chi connectivity index (χ0) is 18.1. The van der Waals surface area contributed by atoms with Gasteiger partial charge in [0.25, 0.3) is 0 Å². The second kappa shape index (κ2) is 10.4. The molecule has 3 nitrogen and oxygen atoms in total. The van der Waals surface area contributed by atoms with Gasteiger partial charge in [-0.1, -0.05) is 23.7 Å². The Bertz CT molecular complexity index is 689. The molecule has 0 heterocycles. The van der Waals surface area contributed by atoms with Crippen molar-refractivity contribution in [3.8, 4) is 5.75 Å². The molecule has 5 heteroatoms. The van der Waals surface area contributed by atoms with Crippen LogP contribution >= 0.6 is 23.4 Å². The number of aryl methyl sites for hydroxylation is 2. The maximum atomic E-state index is 11.8. The molecule has 0 aliphatic heterocycles. The zero-order valence-corrected chi connectivity index (χ0v) is 16.3. The lowest BCUT2D eigenvalue weighted by atomic mass is 10.1. The SMILES string of the molecule is Cc1ccc(C)c(OCCNC(=O)CCCSc2ccc(Cl)cc2)c1. The van der Waals surface area contributed by atoms with Crippen molar-refractivity contribution in [2.75, 3.05) is 18.9 Å². The maximum absolute atomic E-state index is 11.8. The lowest BCUT2D eigenvalue weighted by Crippen LogP contribution is -2.28. The molecular weight excluding hydrogens is 354 g/mol. The molecule has 0 aliphatic rings. The van der Waals surface area contributed by atoms with Crippen LogP contribution in [0.25, 0.3) is 0 Å². The van der Waals surface area contributed by atoms with Crippen LogP contribution in [0, 0.1) is 13.8 Å². The monoisotopic (exact) mass is 377 g/mol. The van der Waals surface area contributed by atoms with Crippen molar-refractivity contribution in [2.24, 2.45) is 0 Å². The van der Waals surface area contributed by atoms with Gasteiger partial charge in [0.2, 0.25) is 5.91 Å². The van der Waals surface area contributed by atoms with E-state index >= 15 is 0 Å². The Morgan fingerprint density at radius 2 is 1.92 bits per heavy atom. The molecule has 0 spiro atoms. The minimum absolute atomic E-state index is 0.0706.